The number of nitrogens with one attached hydrogen (secondary N) is 1. The van der Waals surface area contributed by atoms with Gasteiger partial charge in [-0.1, -0.05) is 6.92 Å². The Morgan fingerprint density at radius 3 is 2.70 bits per heavy atom. The molecule has 0 fully saturated rings. The summed E-state index contributed by atoms with van der Waals surface area (Å²) < 4.78 is 0. The molecular formula is C16H24N4O3. The van der Waals surface area contributed by atoms with Crippen LogP contribution in [0.15, 0.2) is 12.3 Å². The van der Waals surface area contributed by atoms with Crippen molar-refractivity contribution in [2.75, 3.05) is 11.9 Å². The topological polar surface area (TPSA) is 131 Å². The van der Waals surface area contributed by atoms with Gasteiger partial charge in [-0.05, 0) is 38.8 Å². The van der Waals surface area contributed by atoms with Gasteiger partial charge in [0.1, 0.15) is 6.04 Å². The number of fused-ring (bicyclic) bond motifs is 1. The minimum atomic E-state index is -1.05. The predicted molar refractivity (Wildman–Crippen MR) is 87.1 cm³/mol. The number of hydrogen-bond acceptors (Lipinski definition) is 5. The number of nitrogens with two attached hydrogens (primary N) is 2. The van der Waals surface area contributed by atoms with Gasteiger partial charge >= 0.3 is 5.97 Å². The first kappa shape index (κ1) is 17.4. The van der Waals surface area contributed by atoms with E-state index in [0.29, 0.717) is 18.7 Å². The zero-order valence-corrected chi connectivity index (χ0v) is 13.7. The maximum atomic E-state index is 12.0. The van der Waals surface area contributed by atoms with Crippen LogP contribution in [0.1, 0.15) is 44.4 Å². The Kier molecular flexibility index (Phi) is 4.72. The first-order valence-corrected chi connectivity index (χ1v) is 7.70. The van der Waals surface area contributed by atoms with Gasteiger partial charge in [0, 0.05) is 29.1 Å². The molecule has 126 valence electrons. The summed E-state index contributed by atoms with van der Waals surface area (Å²) in [6, 6.07) is 0.820. The fourth-order valence-electron chi connectivity index (χ4n) is 3.01. The third kappa shape index (κ3) is 3.07. The molecule has 2 heterocycles. The van der Waals surface area contributed by atoms with E-state index in [9.17, 15) is 9.59 Å². The molecule has 0 bridgehead atoms. The molecule has 23 heavy (non-hydrogen) atoms. The van der Waals surface area contributed by atoms with Crippen LogP contribution in [-0.4, -0.2) is 34.6 Å². The molecule has 0 aromatic carbocycles. The Balaban J connectivity index is 2.37. The number of carbonyl (C=O) groups is 2. The van der Waals surface area contributed by atoms with E-state index in [-0.39, 0.29) is 17.7 Å². The van der Waals surface area contributed by atoms with Crippen LogP contribution in [0, 0.1) is 5.92 Å². The van der Waals surface area contributed by atoms with Crippen LogP contribution in [0.3, 0.4) is 0 Å². The Hall–Kier alpha value is -1.99. The molecule has 6 N–H and O–H groups in total. The Labute approximate surface area is 135 Å². The average molecular weight is 320 g/mol. The highest BCUT2D eigenvalue weighted by Crippen LogP contribution is 2.39. The maximum Gasteiger partial charge on any atom is 0.320 e. The summed E-state index contributed by atoms with van der Waals surface area (Å²) in [5.41, 5.74) is 13.1. The van der Waals surface area contributed by atoms with Crippen molar-refractivity contribution in [2.24, 2.45) is 17.4 Å². The fourth-order valence-corrected chi connectivity index (χ4v) is 3.01. The molecule has 0 radical (unpaired) electrons. The summed E-state index contributed by atoms with van der Waals surface area (Å²) in [5.74, 6) is -1.63. The second-order valence-electron chi connectivity index (χ2n) is 6.64. The highest BCUT2D eigenvalue weighted by atomic mass is 16.4. The van der Waals surface area contributed by atoms with Gasteiger partial charge in [0.2, 0.25) is 5.91 Å². The Morgan fingerprint density at radius 1 is 1.48 bits per heavy atom. The number of aromatic nitrogens is 1. The molecule has 2 rings (SSSR count). The Morgan fingerprint density at radius 2 is 2.13 bits per heavy atom. The molecular weight excluding hydrogens is 296 g/mol. The van der Waals surface area contributed by atoms with E-state index < -0.39 is 17.4 Å². The number of anilines is 1. The number of hydrogen-bond donors (Lipinski definition) is 4. The van der Waals surface area contributed by atoms with Gasteiger partial charge in [-0.15, -0.1) is 0 Å². The van der Waals surface area contributed by atoms with E-state index in [1.54, 1.807) is 13.1 Å². The first-order valence-electron chi connectivity index (χ1n) is 7.70. The summed E-state index contributed by atoms with van der Waals surface area (Å²) in [6.07, 6.45) is 2.26. The maximum absolute atomic E-state index is 12.0. The van der Waals surface area contributed by atoms with Gasteiger partial charge in [-0.2, -0.15) is 0 Å². The number of carboxylic acids is 1. The van der Waals surface area contributed by atoms with Crippen LogP contribution in [0.4, 0.5) is 5.69 Å². The molecule has 0 spiro atoms. The number of carboxylic acid groups (broad SMARTS) is 1. The lowest BCUT2D eigenvalue weighted by Crippen LogP contribution is -2.40. The van der Waals surface area contributed by atoms with Crippen molar-refractivity contribution in [1.29, 1.82) is 0 Å². The lowest BCUT2D eigenvalue weighted by molar-refractivity contribution is -0.140. The average Bonchev–Trinajstić information content (AvgIpc) is 2.72. The summed E-state index contributed by atoms with van der Waals surface area (Å²) >= 11 is 0. The van der Waals surface area contributed by atoms with Gasteiger partial charge in [0.05, 0.1) is 5.41 Å². The largest absolute Gasteiger partial charge is 0.480 e. The van der Waals surface area contributed by atoms with Crippen LogP contribution < -0.4 is 16.8 Å². The highest BCUT2D eigenvalue weighted by molar-refractivity contribution is 6.05. The lowest BCUT2D eigenvalue weighted by Gasteiger charge is -2.26. The molecule has 7 nitrogen and oxygen atoms in total. The SMILES string of the molecule is CC(C(CCN)c1cc2c(cn1)C(C)(C)C(=O)N2)[C@H](N)C(=O)O. The van der Waals surface area contributed by atoms with Gasteiger partial charge in [-0.3, -0.25) is 14.6 Å². The van der Waals surface area contributed by atoms with E-state index >= 15 is 0 Å². The number of nitrogens with zero attached hydrogens (tertiary/aromatic N) is 1. The van der Waals surface area contributed by atoms with Crippen LogP contribution in [-0.2, 0) is 15.0 Å². The molecule has 1 amide bonds. The molecule has 2 unspecified atom stereocenters. The minimum absolute atomic E-state index is 0.0721. The van der Waals surface area contributed by atoms with Crippen LogP contribution in [0.2, 0.25) is 0 Å². The summed E-state index contributed by atoms with van der Waals surface area (Å²) in [6.45, 7) is 5.88. The fraction of sp³-hybridized carbons (Fsp3) is 0.562. The summed E-state index contributed by atoms with van der Waals surface area (Å²) in [7, 11) is 0. The lowest BCUT2D eigenvalue weighted by atomic mass is 9.82. The Bertz CT molecular complexity index is 630. The van der Waals surface area contributed by atoms with Gasteiger partial charge < -0.3 is 21.9 Å². The molecule has 1 aromatic heterocycles. The smallest absolute Gasteiger partial charge is 0.320 e. The summed E-state index contributed by atoms with van der Waals surface area (Å²) in [5, 5.41) is 12.0. The molecule has 0 aliphatic carbocycles. The van der Waals surface area contributed by atoms with E-state index in [0.717, 1.165) is 11.3 Å². The molecule has 1 aromatic rings. The summed E-state index contributed by atoms with van der Waals surface area (Å²) in [4.78, 5) is 27.7. The number of rotatable bonds is 6. The van der Waals surface area contributed by atoms with E-state index in [1.165, 1.54) is 0 Å². The quantitative estimate of drug-likeness (QED) is 0.613. The van der Waals surface area contributed by atoms with E-state index in [4.69, 9.17) is 16.6 Å². The number of amides is 1. The van der Waals surface area contributed by atoms with Gasteiger partial charge in [-0.25, -0.2) is 0 Å². The molecule has 7 heteroatoms. The minimum Gasteiger partial charge on any atom is -0.480 e. The number of pyridine rings is 1. The van der Waals surface area contributed by atoms with E-state index in [2.05, 4.69) is 10.3 Å². The van der Waals surface area contributed by atoms with Crippen molar-refractivity contribution in [3.63, 3.8) is 0 Å². The van der Waals surface area contributed by atoms with Crippen molar-refractivity contribution < 1.29 is 14.7 Å². The molecule has 0 saturated heterocycles. The van der Waals surface area contributed by atoms with Crippen LogP contribution in [0.25, 0.3) is 0 Å². The van der Waals surface area contributed by atoms with Crippen molar-refractivity contribution in [2.45, 2.75) is 44.6 Å². The molecule has 3 atom stereocenters. The van der Waals surface area contributed by atoms with Crippen molar-refractivity contribution in [3.05, 3.63) is 23.5 Å². The zero-order valence-electron chi connectivity index (χ0n) is 13.7. The molecule has 0 saturated carbocycles. The van der Waals surface area contributed by atoms with Crippen molar-refractivity contribution in [3.8, 4) is 0 Å². The number of aliphatic carboxylic acids is 1. The first-order chi connectivity index (χ1) is 10.7. The predicted octanol–water partition coefficient (Wildman–Crippen LogP) is 0.792. The standard InChI is InChI=1S/C16H24N4O3/c1-8(13(18)14(21)22)9(4-5-17)11-6-12-10(7-19-11)16(2,3)15(23)20-12/h6-9,13H,4-5,17-18H2,1-3H3,(H,20,23)(H,21,22)/t8?,9?,13-/m0/s1. The van der Waals surface area contributed by atoms with Gasteiger partial charge in [0.15, 0.2) is 0 Å². The third-order valence-electron chi connectivity index (χ3n) is 4.76. The molecule has 1 aliphatic heterocycles. The van der Waals surface area contributed by atoms with Gasteiger partial charge in [0.25, 0.3) is 0 Å². The number of carbonyl (C=O) groups excluding carboxylic acids is 1. The van der Waals surface area contributed by atoms with Crippen LogP contribution in [0.5, 0.6) is 0 Å². The van der Waals surface area contributed by atoms with Crippen molar-refractivity contribution in [1.82, 2.24) is 4.98 Å². The highest BCUT2D eigenvalue weighted by Gasteiger charge is 2.39. The third-order valence-corrected chi connectivity index (χ3v) is 4.76. The zero-order chi connectivity index (χ0) is 17.4. The van der Waals surface area contributed by atoms with Crippen molar-refractivity contribution >= 4 is 17.6 Å². The monoisotopic (exact) mass is 320 g/mol. The second kappa shape index (κ2) is 6.25. The molecule has 1 aliphatic rings. The second-order valence-corrected chi connectivity index (χ2v) is 6.64. The van der Waals surface area contributed by atoms with E-state index in [1.807, 2.05) is 19.9 Å². The van der Waals surface area contributed by atoms with Crippen LogP contribution >= 0.6 is 0 Å². The normalized spacial score (nSPS) is 19.6.